The molecule has 0 aromatic heterocycles. The fraction of sp³-hybridized carbons (Fsp3) is 0.833. The van der Waals surface area contributed by atoms with Crippen molar-refractivity contribution < 1.29 is 0 Å². The van der Waals surface area contributed by atoms with Gasteiger partial charge in [-0.2, -0.15) is 0 Å². The van der Waals surface area contributed by atoms with Gasteiger partial charge in [0.05, 0.1) is 5.54 Å². The van der Waals surface area contributed by atoms with E-state index in [9.17, 15) is 0 Å². The predicted octanol–water partition coefficient (Wildman–Crippen LogP) is 2.27. The van der Waals surface area contributed by atoms with Gasteiger partial charge in [-0.25, -0.2) is 4.99 Å². The van der Waals surface area contributed by atoms with Gasteiger partial charge in [-0.05, 0) is 19.3 Å². The molecule has 1 N–H and O–H groups in total. The van der Waals surface area contributed by atoms with Crippen LogP contribution in [0.1, 0.15) is 51.4 Å². The molecule has 4 rings (SSSR count). The molecule has 2 unspecified atom stereocenters. The summed E-state index contributed by atoms with van der Waals surface area (Å²) in [6.07, 6.45) is 14.2. The molecule has 0 amide bonds. The molecule has 3 nitrogen and oxygen atoms in total. The molecule has 3 heterocycles. The van der Waals surface area contributed by atoms with Crippen molar-refractivity contribution in [1.29, 1.82) is 0 Å². The van der Waals surface area contributed by atoms with Crippen LogP contribution in [0.2, 0.25) is 0 Å². The van der Waals surface area contributed by atoms with E-state index in [4.69, 9.17) is 0 Å². The topological polar surface area (TPSA) is 36.8 Å². The first-order valence-electron chi connectivity index (χ1n) is 6.20. The van der Waals surface area contributed by atoms with Crippen molar-refractivity contribution in [3.63, 3.8) is 0 Å². The Labute approximate surface area is 91.1 Å². The van der Waals surface area contributed by atoms with E-state index in [1.165, 1.54) is 51.4 Å². The van der Waals surface area contributed by atoms with Crippen molar-refractivity contribution in [2.45, 2.75) is 62.6 Å². The molecular formula is C12H19N3. The second kappa shape index (κ2) is 3.41. The molecule has 2 atom stereocenters. The molecule has 1 aliphatic carbocycles. The maximum absolute atomic E-state index is 4.58. The average Bonchev–Trinajstić information content (AvgIpc) is 2.47. The maximum Gasteiger partial charge on any atom is 0.115 e. The summed E-state index contributed by atoms with van der Waals surface area (Å²) in [5.74, 6) is 0. The Morgan fingerprint density at radius 2 is 1.73 bits per heavy atom. The van der Waals surface area contributed by atoms with Gasteiger partial charge in [0, 0.05) is 12.6 Å². The van der Waals surface area contributed by atoms with Crippen LogP contribution in [-0.2, 0) is 0 Å². The summed E-state index contributed by atoms with van der Waals surface area (Å²) in [6, 6.07) is 0. The number of aliphatic imine (C=N–C) groups is 2. The first kappa shape index (κ1) is 9.52. The number of fused-ring (bicyclic) bond motifs is 1. The minimum atomic E-state index is 0.0494. The van der Waals surface area contributed by atoms with E-state index in [-0.39, 0.29) is 11.2 Å². The summed E-state index contributed by atoms with van der Waals surface area (Å²) in [5, 5.41) is 3.69. The van der Waals surface area contributed by atoms with Gasteiger partial charge in [0.1, 0.15) is 12.0 Å². The Balaban J connectivity index is 1.81. The fourth-order valence-corrected chi connectivity index (χ4v) is 3.26. The van der Waals surface area contributed by atoms with Crippen LogP contribution in [0.25, 0.3) is 0 Å². The molecule has 1 saturated heterocycles. The molecule has 0 radical (unpaired) electrons. The predicted molar refractivity (Wildman–Crippen MR) is 62.5 cm³/mol. The molecule has 15 heavy (non-hydrogen) atoms. The Bertz CT molecular complexity index is 272. The monoisotopic (exact) mass is 205 g/mol. The fourth-order valence-electron chi connectivity index (χ4n) is 3.26. The highest BCUT2D eigenvalue weighted by Crippen LogP contribution is 2.42. The highest BCUT2D eigenvalue weighted by Gasteiger charge is 2.53. The van der Waals surface area contributed by atoms with Gasteiger partial charge in [0.2, 0.25) is 0 Å². The smallest absolute Gasteiger partial charge is 0.115 e. The van der Waals surface area contributed by atoms with Gasteiger partial charge in [-0.15, -0.1) is 0 Å². The first-order valence-corrected chi connectivity index (χ1v) is 6.20. The third-order valence-corrected chi connectivity index (χ3v) is 4.00. The number of nitrogens with zero attached hydrogens (tertiary/aromatic N) is 2. The van der Waals surface area contributed by atoms with Crippen LogP contribution in [0.4, 0.5) is 0 Å². The van der Waals surface area contributed by atoms with Gasteiger partial charge in [0.25, 0.3) is 0 Å². The molecular weight excluding hydrogens is 186 g/mol. The lowest BCUT2D eigenvalue weighted by molar-refractivity contribution is 0.0821. The highest BCUT2D eigenvalue weighted by atomic mass is 15.3. The third-order valence-electron chi connectivity index (χ3n) is 4.00. The first-order chi connectivity index (χ1) is 7.33. The summed E-state index contributed by atoms with van der Waals surface area (Å²) in [5.41, 5.74) is 0.238. The zero-order chi connectivity index (χ0) is 10.2. The molecule has 4 aliphatic rings. The second-order valence-electron chi connectivity index (χ2n) is 5.28. The molecule has 1 saturated carbocycles. The zero-order valence-electron chi connectivity index (χ0n) is 9.21. The maximum atomic E-state index is 4.58. The number of hydrogen-bond acceptors (Lipinski definition) is 3. The van der Waals surface area contributed by atoms with Crippen molar-refractivity contribution in [2.24, 2.45) is 9.98 Å². The SMILES string of the molecule is C1=NC=NC23CCCCCCCC1(C2)N3. The minimum absolute atomic E-state index is 0.0494. The normalized spacial score (nSPS) is 44.3. The average molecular weight is 205 g/mol. The molecule has 3 aliphatic heterocycles. The lowest BCUT2D eigenvalue weighted by Crippen LogP contribution is -2.71. The van der Waals surface area contributed by atoms with Crippen LogP contribution < -0.4 is 5.32 Å². The number of rotatable bonds is 0. The lowest BCUT2D eigenvalue weighted by Gasteiger charge is -2.53. The summed E-state index contributed by atoms with van der Waals surface area (Å²) >= 11 is 0. The lowest BCUT2D eigenvalue weighted by atomic mass is 9.72. The van der Waals surface area contributed by atoms with Gasteiger partial charge in [-0.1, -0.05) is 25.7 Å². The second-order valence-corrected chi connectivity index (χ2v) is 5.28. The largest absolute Gasteiger partial charge is 0.282 e. The van der Waals surface area contributed by atoms with Crippen LogP contribution >= 0.6 is 0 Å². The molecule has 3 heteroatoms. The number of hydrogen-bond donors (Lipinski definition) is 1. The van der Waals surface area contributed by atoms with Crippen LogP contribution in [0, 0.1) is 0 Å². The van der Waals surface area contributed by atoms with Crippen molar-refractivity contribution >= 4 is 12.6 Å². The van der Waals surface area contributed by atoms with Gasteiger partial charge < -0.3 is 0 Å². The summed E-state index contributed by atoms with van der Waals surface area (Å²) in [6.45, 7) is 0. The number of nitrogens with one attached hydrogen (secondary N) is 1. The van der Waals surface area contributed by atoms with E-state index in [1.54, 1.807) is 6.34 Å². The van der Waals surface area contributed by atoms with E-state index < -0.39 is 0 Å². The van der Waals surface area contributed by atoms with Crippen molar-refractivity contribution in [2.75, 3.05) is 0 Å². The highest BCUT2D eigenvalue weighted by molar-refractivity contribution is 5.82. The van der Waals surface area contributed by atoms with Crippen molar-refractivity contribution in [1.82, 2.24) is 5.32 Å². The standard InChI is InChI=1S/C12H19N3/c1-2-4-6-11-8-12(15-11,7-5-3-1)14-10-13-9-11/h9-10,15H,1-8H2. The van der Waals surface area contributed by atoms with Crippen LogP contribution in [0.15, 0.2) is 9.98 Å². The van der Waals surface area contributed by atoms with E-state index in [2.05, 4.69) is 21.5 Å². The van der Waals surface area contributed by atoms with Gasteiger partial charge in [0.15, 0.2) is 0 Å². The molecule has 0 spiro atoms. The molecule has 2 bridgehead atoms. The van der Waals surface area contributed by atoms with Crippen LogP contribution in [0.3, 0.4) is 0 Å². The molecule has 2 fully saturated rings. The Kier molecular flexibility index (Phi) is 2.16. The minimum Gasteiger partial charge on any atom is -0.282 e. The third kappa shape index (κ3) is 1.63. The van der Waals surface area contributed by atoms with E-state index in [0.717, 1.165) is 0 Å². The Morgan fingerprint density at radius 1 is 1.00 bits per heavy atom. The molecule has 0 aromatic carbocycles. The Morgan fingerprint density at radius 3 is 2.60 bits per heavy atom. The van der Waals surface area contributed by atoms with Gasteiger partial charge in [-0.3, -0.25) is 10.3 Å². The summed E-state index contributed by atoms with van der Waals surface area (Å²) in [4.78, 5) is 8.86. The Hall–Kier alpha value is -0.700. The van der Waals surface area contributed by atoms with Crippen molar-refractivity contribution in [3.8, 4) is 0 Å². The van der Waals surface area contributed by atoms with Crippen molar-refractivity contribution in [3.05, 3.63) is 0 Å². The van der Waals surface area contributed by atoms with E-state index in [0.29, 0.717) is 0 Å². The quantitative estimate of drug-likeness (QED) is 0.647. The zero-order valence-corrected chi connectivity index (χ0v) is 9.21. The van der Waals surface area contributed by atoms with Gasteiger partial charge >= 0.3 is 0 Å². The van der Waals surface area contributed by atoms with Crippen LogP contribution in [0.5, 0.6) is 0 Å². The van der Waals surface area contributed by atoms with E-state index >= 15 is 0 Å². The molecule has 82 valence electrons. The summed E-state index contributed by atoms with van der Waals surface area (Å²) in [7, 11) is 0. The van der Waals surface area contributed by atoms with E-state index in [1.807, 2.05) is 0 Å². The molecule has 0 aromatic rings. The summed E-state index contributed by atoms with van der Waals surface area (Å²) < 4.78 is 0. The van der Waals surface area contributed by atoms with Crippen LogP contribution in [-0.4, -0.2) is 23.8 Å².